The second-order valence-electron chi connectivity index (χ2n) is 4.15. The van der Waals surface area contributed by atoms with E-state index in [2.05, 4.69) is 9.97 Å². The van der Waals surface area contributed by atoms with Gasteiger partial charge in [-0.1, -0.05) is 17.7 Å². The van der Waals surface area contributed by atoms with Crippen LogP contribution < -0.4 is 5.69 Å². The molecule has 2 heterocycles. The number of hydrogen-bond acceptors (Lipinski definition) is 2. The Balaban J connectivity index is 2.50. The van der Waals surface area contributed by atoms with Gasteiger partial charge in [-0.25, -0.2) is 14.2 Å². The number of nitrogens with zero attached hydrogens (tertiary/aromatic N) is 2. The Kier molecular flexibility index (Phi) is 2.64. The van der Waals surface area contributed by atoms with Gasteiger partial charge in [0.05, 0.1) is 5.02 Å². The molecule has 0 unspecified atom stereocenters. The van der Waals surface area contributed by atoms with Gasteiger partial charge in [0.25, 0.3) is 0 Å². The fraction of sp³-hybridized carbons (Fsp3) is 0.0769. The molecule has 1 N–H and O–H groups in total. The third kappa shape index (κ3) is 1.74. The number of nitrogens with one attached hydrogen (secondary N) is 1. The minimum atomic E-state index is -0.451. The molecule has 0 aliphatic carbocycles. The number of H-pyrrole nitrogens is 1. The van der Waals surface area contributed by atoms with Crippen LogP contribution >= 0.6 is 11.6 Å². The van der Waals surface area contributed by atoms with Crippen molar-refractivity contribution in [2.75, 3.05) is 0 Å². The maximum atomic E-state index is 14.0. The smallest absolute Gasteiger partial charge is 0.311 e. The molecule has 2 aromatic heterocycles. The van der Waals surface area contributed by atoms with E-state index in [4.69, 9.17) is 11.6 Å². The Morgan fingerprint density at radius 1 is 1.37 bits per heavy atom. The molecule has 0 radical (unpaired) electrons. The molecule has 0 bridgehead atoms. The van der Waals surface area contributed by atoms with Crippen molar-refractivity contribution in [3.8, 4) is 11.1 Å². The largest absolute Gasteiger partial charge is 0.331 e. The Labute approximate surface area is 112 Å². The summed E-state index contributed by atoms with van der Waals surface area (Å²) >= 11 is 6.07. The number of benzene rings is 1. The van der Waals surface area contributed by atoms with Gasteiger partial charge in [-0.2, -0.15) is 0 Å². The quantitative estimate of drug-likeness (QED) is 0.743. The van der Waals surface area contributed by atoms with Gasteiger partial charge in [-0.3, -0.25) is 4.40 Å². The van der Waals surface area contributed by atoms with Gasteiger partial charge < -0.3 is 4.98 Å². The number of aromatic nitrogens is 3. The van der Waals surface area contributed by atoms with Crippen LogP contribution in [-0.2, 0) is 0 Å². The van der Waals surface area contributed by atoms with Crippen LogP contribution in [0.1, 0.15) is 5.69 Å². The van der Waals surface area contributed by atoms with Crippen LogP contribution in [0.2, 0.25) is 5.02 Å². The molecule has 96 valence electrons. The Hall–Kier alpha value is -2.14. The van der Waals surface area contributed by atoms with Crippen molar-refractivity contribution in [3.63, 3.8) is 0 Å². The van der Waals surface area contributed by atoms with Crippen LogP contribution in [0.3, 0.4) is 0 Å². The van der Waals surface area contributed by atoms with E-state index in [1.54, 1.807) is 13.0 Å². The first-order valence-corrected chi connectivity index (χ1v) is 5.97. The highest BCUT2D eigenvalue weighted by Crippen LogP contribution is 2.33. The maximum Gasteiger partial charge on any atom is 0.331 e. The molecule has 3 aromatic rings. The zero-order valence-corrected chi connectivity index (χ0v) is 10.7. The van der Waals surface area contributed by atoms with Gasteiger partial charge in [0, 0.05) is 29.2 Å². The van der Waals surface area contributed by atoms with Gasteiger partial charge >= 0.3 is 5.69 Å². The summed E-state index contributed by atoms with van der Waals surface area (Å²) in [6, 6.07) is 4.46. The number of hydrogen-bond donors (Lipinski definition) is 1. The van der Waals surface area contributed by atoms with Gasteiger partial charge in [-0.15, -0.1) is 0 Å². The van der Waals surface area contributed by atoms with Crippen molar-refractivity contribution in [2.24, 2.45) is 0 Å². The molecule has 4 nitrogen and oxygen atoms in total. The first-order chi connectivity index (χ1) is 9.09. The molecule has 6 heteroatoms. The molecule has 0 spiro atoms. The second kappa shape index (κ2) is 4.20. The van der Waals surface area contributed by atoms with Gasteiger partial charge in [0.1, 0.15) is 5.82 Å². The predicted molar refractivity (Wildman–Crippen MR) is 71.0 cm³/mol. The zero-order chi connectivity index (χ0) is 13.6. The van der Waals surface area contributed by atoms with Gasteiger partial charge in [0.15, 0.2) is 5.65 Å². The van der Waals surface area contributed by atoms with Crippen molar-refractivity contribution in [1.82, 2.24) is 14.4 Å². The summed E-state index contributed by atoms with van der Waals surface area (Å²) in [6.07, 6.45) is 3.01. The lowest BCUT2D eigenvalue weighted by molar-refractivity contribution is 0.631. The van der Waals surface area contributed by atoms with Gasteiger partial charge in [0.2, 0.25) is 0 Å². The Bertz CT molecular complexity index is 817. The van der Waals surface area contributed by atoms with Crippen molar-refractivity contribution in [2.45, 2.75) is 6.92 Å². The maximum absolute atomic E-state index is 14.0. The molecule has 0 atom stereocenters. The van der Waals surface area contributed by atoms with Crippen molar-refractivity contribution < 1.29 is 4.39 Å². The van der Waals surface area contributed by atoms with Crippen LogP contribution in [-0.4, -0.2) is 14.4 Å². The predicted octanol–water partition coefficient (Wildman–Crippen LogP) is 2.79. The van der Waals surface area contributed by atoms with Crippen molar-refractivity contribution >= 4 is 17.2 Å². The van der Waals surface area contributed by atoms with Crippen molar-refractivity contribution in [3.05, 3.63) is 57.6 Å². The van der Waals surface area contributed by atoms with E-state index < -0.39 is 5.82 Å². The summed E-state index contributed by atoms with van der Waals surface area (Å²) in [4.78, 5) is 18.5. The van der Waals surface area contributed by atoms with E-state index in [9.17, 15) is 9.18 Å². The van der Waals surface area contributed by atoms with Crippen LogP contribution in [0.25, 0.3) is 16.8 Å². The lowest BCUT2D eigenvalue weighted by atomic mass is 10.0. The van der Waals surface area contributed by atoms with E-state index in [1.807, 2.05) is 0 Å². The highest BCUT2D eigenvalue weighted by molar-refractivity contribution is 6.33. The van der Waals surface area contributed by atoms with Crippen LogP contribution in [0.5, 0.6) is 0 Å². The molecule has 0 saturated carbocycles. The molecule has 0 fully saturated rings. The normalized spacial score (nSPS) is 11.1. The average molecular weight is 278 g/mol. The van der Waals surface area contributed by atoms with Crippen LogP contribution in [0.15, 0.2) is 35.4 Å². The Morgan fingerprint density at radius 3 is 2.89 bits per heavy atom. The third-order valence-electron chi connectivity index (χ3n) is 2.97. The first kappa shape index (κ1) is 11.9. The van der Waals surface area contributed by atoms with E-state index >= 15 is 0 Å². The summed E-state index contributed by atoms with van der Waals surface area (Å²) < 4.78 is 15.4. The van der Waals surface area contributed by atoms with Crippen molar-refractivity contribution in [1.29, 1.82) is 0 Å². The highest BCUT2D eigenvalue weighted by atomic mass is 35.5. The lowest BCUT2D eigenvalue weighted by Gasteiger charge is -2.10. The molecule has 0 amide bonds. The third-order valence-corrected chi connectivity index (χ3v) is 3.28. The highest BCUT2D eigenvalue weighted by Gasteiger charge is 2.17. The first-order valence-electron chi connectivity index (χ1n) is 5.60. The van der Waals surface area contributed by atoms with Crippen LogP contribution in [0, 0.1) is 12.7 Å². The molecular formula is C13H9ClFN3O. The molecule has 19 heavy (non-hydrogen) atoms. The summed E-state index contributed by atoms with van der Waals surface area (Å²) in [5.74, 6) is -0.451. The number of halogens is 2. The molecule has 0 aliphatic heterocycles. The fourth-order valence-electron chi connectivity index (χ4n) is 2.14. The summed E-state index contributed by atoms with van der Waals surface area (Å²) in [6.45, 7) is 1.69. The Morgan fingerprint density at radius 2 is 2.16 bits per heavy atom. The number of imidazole rings is 1. The molecule has 0 saturated heterocycles. The zero-order valence-electron chi connectivity index (χ0n) is 9.95. The number of fused-ring (bicyclic) bond motifs is 1. The summed E-state index contributed by atoms with van der Waals surface area (Å²) in [7, 11) is 0. The van der Waals surface area contributed by atoms with E-state index in [0.29, 0.717) is 16.9 Å². The number of rotatable bonds is 1. The minimum Gasteiger partial charge on any atom is -0.311 e. The monoisotopic (exact) mass is 277 g/mol. The number of aryl methyl sites for hydroxylation is 1. The molecule has 3 rings (SSSR count). The second-order valence-corrected chi connectivity index (χ2v) is 4.55. The average Bonchev–Trinajstić information content (AvgIpc) is 2.82. The lowest BCUT2D eigenvalue weighted by Crippen LogP contribution is -2.17. The fourth-order valence-corrected chi connectivity index (χ4v) is 2.40. The van der Waals surface area contributed by atoms with Gasteiger partial charge in [-0.05, 0) is 19.1 Å². The van der Waals surface area contributed by atoms with E-state index in [1.165, 1.54) is 28.9 Å². The molecule has 1 aromatic carbocycles. The van der Waals surface area contributed by atoms with E-state index in [-0.39, 0.29) is 16.3 Å². The standard InChI is InChI=1S/C13H9ClFN3O/c1-7-10(11-8(14)3-2-4-9(11)15)12-16-5-6-18(12)13(19)17-7/h2-6H,1H3,(H,17,19). The molecule has 0 aliphatic rings. The van der Waals surface area contributed by atoms with Crippen LogP contribution in [0.4, 0.5) is 4.39 Å². The topological polar surface area (TPSA) is 50.2 Å². The minimum absolute atomic E-state index is 0.245. The molecular weight excluding hydrogens is 269 g/mol. The number of aromatic amines is 1. The SMILES string of the molecule is Cc1[nH]c(=O)n2ccnc2c1-c1c(F)cccc1Cl. The summed E-state index contributed by atoms with van der Waals surface area (Å²) in [5.41, 5.74) is 1.33. The van der Waals surface area contributed by atoms with E-state index in [0.717, 1.165) is 0 Å². The summed E-state index contributed by atoms with van der Waals surface area (Å²) in [5, 5.41) is 0.278.